The van der Waals surface area contributed by atoms with Crippen LogP contribution in [-0.2, 0) is 4.79 Å². The quantitative estimate of drug-likeness (QED) is 0.666. The van der Waals surface area contributed by atoms with Gasteiger partial charge in [-0.1, -0.05) is 25.1 Å². The van der Waals surface area contributed by atoms with Crippen LogP contribution in [-0.4, -0.2) is 32.1 Å². The van der Waals surface area contributed by atoms with E-state index in [0.29, 0.717) is 19.7 Å². The van der Waals surface area contributed by atoms with Crippen LogP contribution in [0.15, 0.2) is 30.3 Å². The zero-order valence-electron chi connectivity index (χ0n) is 10.2. The van der Waals surface area contributed by atoms with Crippen molar-refractivity contribution in [2.45, 2.75) is 13.3 Å². The minimum absolute atomic E-state index is 0.0339. The molecule has 1 aromatic carbocycles. The predicted molar refractivity (Wildman–Crippen MR) is 68.1 cm³/mol. The number of hydrogen-bond acceptors (Lipinski definition) is 3. The van der Waals surface area contributed by atoms with E-state index in [0.717, 1.165) is 18.7 Å². The first-order chi connectivity index (χ1) is 8.33. The number of ether oxygens (including phenoxy) is 1. The van der Waals surface area contributed by atoms with Crippen molar-refractivity contribution >= 4 is 5.91 Å². The van der Waals surface area contributed by atoms with Crippen LogP contribution in [0.2, 0.25) is 0 Å². The molecule has 0 aliphatic rings. The Morgan fingerprint density at radius 3 is 2.76 bits per heavy atom. The summed E-state index contributed by atoms with van der Waals surface area (Å²) in [4.78, 5) is 11.2. The van der Waals surface area contributed by atoms with Crippen molar-refractivity contribution in [1.29, 1.82) is 0 Å². The lowest BCUT2D eigenvalue weighted by molar-refractivity contribution is -0.120. The molecule has 4 heteroatoms. The van der Waals surface area contributed by atoms with Crippen molar-refractivity contribution in [3.63, 3.8) is 0 Å². The molecule has 0 spiro atoms. The van der Waals surface area contributed by atoms with Gasteiger partial charge in [-0.05, 0) is 25.1 Å². The third-order valence-electron chi connectivity index (χ3n) is 2.19. The highest BCUT2D eigenvalue weighted by molar-refractivity contribution is 5.77. The van der Waals surface area contributed by atoms with Gasteiger partial charge in [0.25, 0.3) is 0 Å². The van der Waals surface area contributed by atoms with Crippen molar-refractivity contribution < 1.29 is 9.53 Å². The first-order valence-electron chi connectivity index (χ1n) is 5.98. The normalized spacial score (nSPS) is 9.94. The maximum Gasteiger partial charge on any atom is 0.233 e. The Labute approximate surface area is 102 Å². The topological polar surface area (TPSA) is 50.4 Å². The van der Waals surface area contributed by atoms with E-state index in [1.807, 2.05) is 37.3 Å². The second-order valence-corrected chi connectivity index (χ2v) is 3.65. The van der Waals surface area contributed by atoms with Crippen LogP contribution in [0, 0.1) is 0 Å². The summed E-state index contributed by atoms with van der Waals surface area (Å²) in [6.45, 7) is 4.43. The number of likely N-dealkylation sites (N-methyl/N-ethyl adjacent to an activating group) is 1. The molecular formula is C13H20N2O2. The Bertz CT molecular complexity index is 314. The van der Waals surface area contributed by atoms with Crippen LogP contribution >= 0.6 is 0 Å². The first kappa shape index (κ1) is 13.5. The fraction of sp³-hybridized carbons (Fsp3) is 0.462. The fourth-order valence-electron chi connectivity index (χ4n) is 1.31. The van der Waals surface area contributed by atoms with E-state index in [2.05, 4.69) is 10.6 Å². The molecule has 0 aliphatic carbocycles. The number of benzene rings is 1. The van der Waals surface area contributed by atoms with Gasteiger partial charge in [0.2, 0.25) is 5.91 Å². The minimum Gasteiger partial charge on any atom is -0.494 e. The van der Waals surface area contributed by atoms with Gasteiger partial charge < -0.3 is 15.4 Å². The minimum atomic E-state index is 0.0339. The van der Waals surface area contributed by atoms with Gasteiger partial charge in [-0.3, -0.25) is 4.79 Å². The summed E-state index contributed by atoms with van der Waals surface area (Å²) in [6.07, 6.45) is 0.812. The second-order valence-electron chi connectivity index (χ2n) is 3.65. The monoisotopic (exact) mass is 236 g/mol. The van der Waals surface area contributed by atoms with Gasteiger partial charge in [0, 0.05) is 6.54 Å². The highest BCUT2D eigenvalue weighted by Crippen LogP contribution is 2.07. The van der Waals surface area contributed by atoms with Gasteiger partial charge >= 0.3 is 0 Å². The molecule has 17 heavy (non-hydrogen) atoms. The molecule has 0 aliphatic heterocycles. The van der Waals surface area contributed by atoms with Crippen molar-refractivity contribution in [2.24, 2.45) is 0 Å². The molecule has 0 saturated heterocycles. The molecule has 0 fully saturated rings. The van der Waals surface area contributed by atoms with Crippen LogP contribution in [0.25, 0.3) is 0 Å². The highest BCUT2D eigenvalue weighted by atomic mass is 16.5. The number of rotatable bonds is 8. The molecule has 0 radical (unpaired) electrons. The summed E-state index contributed by atoms with van der Waals surface area (Å²) in [5, 5.41) is 5.79. The van der Waals surface area contributed by atoms with Gasteiger partial charge in [-0.15, -0.1) is 0 Å². The van der Waals surface area contributed by atoms with Crippen molar-refractivity contribution in [1.82, 2.24) is 10.6 Å². The van der Waals surface area contributed by atoms with Gasteiger partial charge in [0.05, 0.1) is 13.2 Å². The van der Waals surface area contributed by atoms with Crippen molar-refractivity contribution in [3.8, 4) is 5.75 Å². The number of nitrogens with one attached hydrogen (secondary N) is 2. The van der Waals surface area contributed by atoms with Gasteiger partial charge in [-0.25, -0.2) is 0 Å². The Balaban J connectivity index is 1.99. The third-order valence-corrected chi connectivity index (χ3v) is 2.19. The smallest absolute Gasteiger partial charge is 0.233 e. The van der Waals surface area contributed by atoms with Crippen LogP contribution in [0.5, 0.6) is 5.75 Å². The molecular weight excluding hydrogens is 216 g/mol. The standard InChI is InChI=1S/C13H20N2O2/c1-2-14-11-13(16)15-9-6-10-17-12-7-4-3-5-8-12/h3-5,7-8,14H,2,6,9-11H2,1H3,(H,15,16). The number of amides is 1. The third kappa shape index (κ3) is 6.58. The molecule has 0 aromatic heterocycles. The maximum atomic E-state index is 11.2. The lowest BCUT2D eigenvalue weighted by Gasteiger charge is -2.07. The molecule has 0 atom stereocenters. The summed E-state index contributed by atoms with van der Waals surface area (Å²) in [5.41, 5.74) is 0. The van der Waals surface area contributed by atoms with Crippen LogP contribution in [0.3, 0.4) is 0 Å². The summed E-state index contributed by atoms with van der Waals surface area (Å²) in [6, 6.07) is 9.67. The fourth-order valence-corrected chi connectivity index (χ4v) is 1.31. The molecule has 0 heterocycles. The molecule has 94 valence electrons. The molecule has 0 bridgehead atoms. The number of para-hydroxylation sites is 1. The largest absolute Gasteiger partial charge is 0.494 e. The summed E-state index contributed by atoms with van der Waals surface area (Å²) in [5.74, 6) is 0.901. The molecule has 1 aromatic rings. The zero-order chi connectivity index (χ0) is 12.3. The number of carbonyl (C=O) groups excluding carboxylic acids is 1. The average Bonchev–Trinajstić information content (AvgIpc) is 2.37. The SMILES string of the molecule is CCNCC(=O)NCCCOc1ccccc1. The van der Waals surface area contributed by atoms with Crippen molar-refractivity contribution in [2.75, 3.05) is 26.2 Å². The first-order valence-corrected chi connectivity index (χ1v) is 5.98. The van der Waals surface area contributed by atoms with E-state index in [1.54, 1.807) is 0 Å². The van der Waals surface area contributed by atoms with E-state index in [1.165, 1.54) is 0 Å². The lowest BCUT2D eigenvalue weighted by atomic mass is 10.3. The van der Waals surface area contributed by atoms with Gasteiger partial charge in [0.15, 0.2) is 0 Å². The van der Waals surface area contributed by atoms with E-state index in [4.69, 9.17) is 4.74 Å². The van der Waals surface area contributed by atoms with Crippen LogP contribution in [0.1, 0.15) is 13.3 Å². The Morgan fingerprint density at radius 1 is 1.29 bits per heavy atom. The zero-order valence-corrected chi connectivity index (χ0v) is 10.2. The molecule has 1 amide bonds. The number of carbonyl (C=O) groups is 1. The summed E-state index contributed by atoms with van der Waals surface area (Å²) >= 11 is 0. The van der Waals surface area contributed by atoms with E-state index in [9.17, 15) is 4.79 Å². The van der Waals surface area contributed by atoms with Gasteiger partial charge in [-0.2, -0.15) is 0 Å². The predicted octanol–water partition coefficient (Wildman–Crippen LogP) is 1.18. The molecule has 2 N–H and O–H groups in total. The lowest BCUT2D eigenvalue weighted by Crippen LogP contribution is -2.34. The summed E-state index contributed by atoms with van der Waals surface area (Å²) in [7, 11) is 0. The van der Waals surface area contributed by atoms with Crippen LogP contribution < -0.4 is 15.4 Å². The second kappa shape index (κ2) is 8.58. The van der Waals surface area contributed by atoms with E-state index in [-0.39, 0.29) is 5.91 Å². The molecule has 1 rings (SSSR count). The van der Waals surface area contributed by atoms with Crippen LogP contribution in [0.4, 0.5) is 0 Å². The number of hydrogen-bond donors (Lipinski definition) is 2. The molecule has 4 nitrogen and oxygen atoms in total. The molecule has 0 saturated carbocycles. The van der Waals surface area contributed by atoms with Crippen molar-refractivity contribution in [3.05, 3.63) is 30.3 Å². The highest BCUT2D eigenvalue weighted by Gasteiger charge is 1.98. The Morgan fingerprint density at radius 2 is 2.06 bits per heavy atom. The summed E-state index contributed by atoms with van der Waals surface area (Å²) < 4.78 is 5.50. The Kier molecular flexibility index (Phi) is 6.82. The Hall–Kier alpha value is -1.55. The molecule has 0 unspecified atom stereocenters. The van der Waals surface area contributed by atoms with E-state index < -0.39 is 0 Å². The van der Waals surface area contributed by atoms with E-state index >= 15 is 0 Å². The maximum absolute atomic E-state index is 11.2. The average molecular weight is 236 g/mol. The van der Waals surface area contributed by atoms with Gasteiger partial charge in [0.1, 0.15) is 5.75 Å².